The van der Waals surface area contributed by atoms with Crippen molar-refractivity contribution in [1.82, 2.24) is 9.97 Å². The van der Waals surface area contributed by atoms with E-state index in [1.54, 1.807) is 12.4 Å². The summed E-state index contributed by atoms with van der Waals surface area (Å²) in [5.41, 5.74) is 2.49. The van der Waals surface area contributed by atoms with E-state index in [1.165, 1.54) is 5.56 Å². The predicted octanol–water partition coefficient (Wildman–Crippen LogP) is 3.37. The summed E-state index contributed by atoms with van der Waals surface area (Å²) in [6.45, 7) is 9.36. The molecule has 7 nitrogen and oxygen atoms in total. The largest absolute Gasteiger partial charge is 0.347 e. The van der Waals surface area contributed by atoms with Gasteiger partial charge >= 0.3 is 0 Å². The topological polar surface area (TPSA) is 76.6 Å². The zero-order chi connectivity index (χ0) is 20.5. The lowest BCUT2D eigenvalue weighted by Gasteiger charge is -2.37. The van der Waals surface area contributed by atoms with Crippen LogP contribution in [-0.4, -0.2) is 48.0 Å². The molecule has 1 N–H and O–H groups in total. The van der Waals surface area contributed by atoms with Gasteiger partial charge < -0.3 is 19.7 Å². The van der Waals surface area contributed by atoms with Gasteiger partial charge in [0.25, 0.3) is 5.91 Å². The first kappa shape index (κ1) is 19.8. The molecule has 154 valence electrons. The van der Waals surface area contributed by atoms with Crippen LogP contribution in [0.25, 0.3) is 0 Å². The Morgan fingerprint density at radius 3 is 2.17 bits per heavy atom. The van der Waals surface area contributed by atoms with E-state index >= 15 is 0 Å². The van der Waals surface area contributed by atoms with Gasteiger partial charge in [-0.1, -0.05) is 32.9 Å². The van der Waals surface area contributed by atoms with Gasteiger partial charge in [-0.3, -0.25) is 4.79 Å². The number of ether oxygens (including phenoxy) is 2. The second-order valence-electron chi connectivity index (χ2n) is 8.65. The van der Waals surface area contributed by atoms with Gasteiger partial charge in [0.2, 0.25) is 5.95 Å². The van der Waals surface area contributed by atoms with Crippen molar-refractivity contribution in [3.63, 3.8) is 0 Å². The van der Waals surface area contributed by atoms with Crippen LogP contribution in [0.15, 0.2) is 36.7 Å². The van der Waals surface area contributed by atoms with E-state index in [-0.39, 0.29) is 11.3 Å². The molecule has 0 unspecified atom stereocenters. The van der Waals surface area contributed by atoms with E-state index in [0.717, 1.165) is 31.6 Å². The third kappa shape index (κ3) is 4.41. The van der Waals surface area contributed by atoms with Crippen LogP contribution >= 0.6 is 0 Å². The summed E-state index contributed by atoms with van der Waals surface area (Å²) < 4.78 is 11.5. The van der Waals surface area contributed by atoms with Gasteiger partial charge in [-0.25, -0.2) is 9.97 Å². The van der Waals surface area contributed by atoms with Gasteiger partial charge in [-0.2, -0.15) is 0 Å². The summed E-state index contributed by atoms with van der Waals surface area (Å²) in [5.74, 6) is -0.00637. The third-order valence-corrected chi connectivity index (χ3v) is 5.53. The molecule has 1 aromatic carbocycles. The Labute approximate surface area is 171 Å². The van der Waals surface area contributed by atoms with Crippen LogP contribution in [0.1, 0.15) is 49.5 Å². The first-order valence-electron chi connectivity index (χ1n) is 10.1. The molecule has 0 bridgehead atoms. The molecule has 0 saturated carbocycles. The number of hydrogen-bond donors (Lipinski definition) is 1. The number of carbonyl (C=O) groups excluding carboxylic acids is 1. The number of nitrogens with zero attached hydrogens (tertiary/aromatic N) is 3. The lowest BCUT2D eigenvalue weighted by Crippen LogP contribution is -2.45. The standard InChI is InChI=1S/C22H28N4O3/c1-21(2,3)17-4-6-18(7-5-17)25-19(27)16-14-23-20(24-15-16)26-10-8-22(9-11-26)28-12-13-29-22/h4-7,14-15H,8-13H2,1-3H3,(H,25,27). The summed E-state index contributed by atoms with van der Waals surface area (Å²) in [7, 11) is 0. The molecule has 4 rings (SSSR count). The number of carbonyl (C=O) groups is 1. The van der Waals surface area contributed by atoms with E-state index in [4.69, 9.17) is 9.47 Å². The molecule has 1 amide bonds. The van der Waals surface area contributed by atoms with E-state index in [1.807, 2.05) is 24.3 Å². The molecule has 0 radical (unpaired) electrons. The van der Waals surface area contributed by atoms with Gasteiger partial charge in [0.05, 0.1) is 18.8 Å². The molecule has 1 spiro atoms. The maximum atomic E-state index is 12.5. The molecule has 2 aromatic rings. The minimum atomic E-state index is -0.418. The number of benzene rings is 1. The molecule has 0 atom stereocenters. The highest BCUT2D eigenvalue weighted by Gasteiger charge is 2.40. The average Bonchev–Trinajstić information content (AvgIpc) is 3.16. The molecule has 29 heavy (non-hydrogen) atoms. The average molecular weight is 396 g/mol. The fraction of sp³-hybridized carbons (Fsp3) is 0.500. The van der Waals surface area contributed by atoms with Crippen molar-refractivity contribution in [2.45, 2.75) is 44.8 Å². The second kappa shape index (κ2) is 7.72. The molecule has 1 aromatic heterocycles. The monoisotopic (exact) mass is 396 g/mol. The number of aromatic nitrogens is 2. The maximum Gasteiger partial charge on any atom is 0.258 e. The summed E-state index contributed by atoms with van der Waals surface area (Å²) in [4.78, 5) is 23.4. The minimum Gasteiger partial charge on any atom is -0.347 e. The molecule has 2 aliphatic heterocycles. The van der Waals surface area contributed by atoms with Crippen molar-refractivity contribution in [3.8, 4) is 0 Å². The molecule has 7 heteroatoms. The highest BCUT2D eigenvalue weighted by molar-refractivity contribution is 6.03. The second-order valence-corrected chi connectivity index (χ2v) is 8.65. The number of rotatable bonds is 3. The quantitative estimate of drug-likeness (QED) is 0.857. The number of hydrogen-bond acceptors (Lipinski definition) is 6. The normalized spacial score (nSPS) is 18.8. The first-order valence-corrected chi connectivity index (χ1v) is 10.1. The van der Waals surface area contributed by atoms with Gasteiger partial charge in [0.15, 0.2) is 5.79 Å². The van der Waals surface area contributed by atoms with Crippen molar-refractivity contribution >= 4 is 17.5 Å². The lowest BCUT2D eigenvalue weighted by molar-refractivity contribution is -0.169. The van der Waals surface area contributed by atoms with Crippen LogP contribution in [0, 0.1) is 0 Å². The SMILES string of the molecule is CC(C)(C)c1ccc(NC(=O)c2cnc(N3CCC4(CC3)OCCO4)nc2)cc1. The summed E-state index contributed by atoms with van der Waals surface area (Å²) in [6, 6.07) is 7.92. The summed E-state index contributed by atoms with van der Waals surface area (Å²) >= 11 is 0. The Morgan fingerprint density at radius 2 is 1.62 bits per heavy atom. The summed E-state index contributed by atoms with van der Waals surface area (Å²) in [6.07, 6.45) is 4.74. The maximum absolute atomic E-state index is 12.5. The fourth-order valence-electron chi connectivity index (χ4n) is 3.69. The Hall–Kier alpha value is -2.51. The molecule has 2 saturated heterocycles. The van der Waals surface area contributed by atoms with Gasteiger partial charge in [0, 0.05) is 44.0 Å². The molecule has 2 aliphatic rings. The van der Waals surface area contributed by atoms with E-state index in [0.29, 0.717) is 24.7 Å². The molecule has 3 heterocycles. The zero-order valence-electron chi connectivity index (χ0n) is 17.3. The smallest absolute Gasteiger partial charge is 0.258 e. The highest BCUT2D eigenvalue weighted by atomic mass is 16.7. The first-order chi connectivity index (χ1) is 13.8. The van der Waals surface area contributed by atoms with Crippen LogP contribution in [0.4, 0.5) is 11.6 Å². The zero-order valence-corrected chi connectivity index (χ0v) is 17.3. The predicted molar refractivity (Wildman–Crippen MR) is 111 cm³/mol. The van der Waals surface area contributed by atoms with E-state index in [9.17, 15) is 4.79 Å². The van der Waals surface area contributed by atoms with E-state index in [2.05, 4.69) is 41.0 Å². The van der Waals surface area contributed by atoms with Crippen molar-refractivity contribution in [2.75, 3.05) is 36.5 Å². The van der Waals surface area contributed by atoms with Gasteiger partial charge in [-0.15, -0.1) is 0 Å². The summed E-state index contributed by atoms with van der Waals surface area (Å²) in [5, 5.41) is 2.90. The molecular weight excluding hydrogens is 368 g/mol. The molecular formula is C22H28N4O3. The van der Waals surface area contributed by atoms with E-state index < -0.39 is 5.79 Å². The number of amides is 1. The Balaban J connectivity index is 1.36. The van der Waals surface area contributed by atoms with Crippen molar-refractivity contribution in [1.29, 1.82) is 0 Å². The number of nitrogens with one attached hydrogen (secondary N) is 1. The Kier molecular flexibility index (Phi) is 5.27. The lowest BCUT2D eigenvalue weighted by atomic mass is 9.87. The van der Waals surface area contributed by atoms with Crippen LogP contribution in [0.3, 0.4) is 0 Å². The number of anilines is 2. The van der Waals surface area contributed by atoms with Crippen molar-refractivity contribution in [3.05, 3.63) is 47.8 Å². The van der Waals surface area contributed by atoms with Gasteiger partial charge in [0.1, 0.15) is 0 Å². The van der Waals surface area contributed by atoms with Crippen molar-refractivity contribution < 1.29 is 14.3 Å². The van der Waals surface area contributed by atoms with Crippen LogP contribution in [0.2, 0.25) is 0 Å². The molecule has 2 fully saturated rings. The number of piperidine rings is 1. The van der Waals surface area contributed by atoms with Crippen LogP contribution in [0.5, 0.6) is 0 Å². The van der Waals surface area contributed by atoms with Crippen LogP contribution in [-0.2, 0) is 14.9 Å². The fourth-order valence-corrected chi connectivity index (χ4v) is 3.69. The molecule has 0 aliphatic carbocycles. The van der Waals surface area contributed by atoms with Crippen LogP contribution < -0.4 is 10.2 Å². The third-order valence-electron chi connectivity index (χ3n) is 5.53. The van der Waals surface area contributed by atoms with Gasteiger partial charge in [-0.05, 0) is 23.1 Å². The Bertz CT molecular complexity index is 843. The van der Waals surface area contributed by atoms with Crippen molar-refractivity contribution in [2.24, 2.45) is 0 Å². The highest BCUT2D eigenvalue weighted by Crippen LogP contribution is 2.32. The minimum absolute atomic E-state index is 0.0797. The Morgan fingerprint density at radius 1 is 1.03 bits per heavy atom.